The van der Waals surface area contributed by atoms with Crippen molar-refractivity contribution in [1.82, 2.24) is 18.9 Å². The van der Waals surface area contributed by atoms with E-state index >= 15 is 0 Å². The van der Waals surface area contributed by atoms with Crippen LogP contribution in [0.1, 0.15) is 26.6 Å². The van der Waals surface area contributed by atoms with Crippen molar-refractivity contribution in [3.8, 4) is 11.5 Å². The number of nitrogens with zero attached hydrogens (tertiary/aromatic N) is 4. The van der Waals surface area contributed by atoms with Crippen molar-refractivity contribution in [2.75, 3.05) is 11.9 Å². The highest BCUT2D eigenvalue weighted by Crippen LogP contribution is 2.42. The summed E-state index contributed by atoms with van der Waals surface area (Å²) in [5.74, 6) is 0.749. The lowest BCUT2D eigenvalue weighted by Crippen LogP contribution is -2.12. The summed E-state index contributed by atoms with van der Waals surface area (Å²) >= 11 is 2.61. The first-order valence-corrected chi connectivity index (χ1v) is 9.80. The maximum Gasteiger partial charge on any atom is 0.261 e. The minimum atomic E-state index is -0.220. The summed E-state index contributed by atoms with van der Waals surface area (Å²) in [4.78, 5) is 18.3. The van der Waals surface area contributed by atoms with E-state index in [2.05, 4.69) is 24.2 Å². The van der Waals surface area contributed by atoms with Gasteiger partial charge in [-0.1, -0.05) is 5.16 Å². The molecule has 0 atom stereocenters. The van der Waals surface area contributed by atoms with E-state index < -0.39 is 0 Å². The molecule has 0 fully saturated rings. The SMILES string of the molecule is Cc1noc(-c2c(NC(=O)c3ccc4nsnc4c3)sc3c2CCOC3)n1. The van der Waals surface area contributed by atoms with E-state index in [-0.39, 0.29) is 5.91 Å². The lowest BCUT2D eigenvalue weighted by atomic mass is 10.1. The number of benzene rings is 1. The molecule has 27 heavy (non-hydrogen) atoms. The van der Waals surface area contributed by atoms with E-state index in [0.717, 1.165) is 39.7 Å². The quantitative estimate of drug-likeness (QED) is 0.563. The highest BCUT2D eigenvalue weighted by molar-refractivity contribution is 7.17. The average molecular weight is 399 g/mol. The van der Waals surface area contributed by atoms with Crippen molar-refractivity contribution >= 4 is 45.0 Å². The van der Waals surface area contributed by atoms with Crippen LogP contribution in [0.2, 0.25) is 0 Å². The van der Waals surface area contributed by atoms with Crippen molar-refractivity contribution in [3.63, 3.8) is 0 Å². The number of anilines is 1. The van der Waals surface area contributed by atoms with Crippen LogP contribution >= 0.6 is 23.1 Å². The Morgan fingerprint density at radius 1 is 1.26 bits per heavy atom. The third kappa shape index (κ3) is 2.91. The predicted molar refractivity (Wildman–Crippen MR) is 101 cm³/mol. The van der Waals surface area contributed by atoms with Crippen LogP contribution in [0.15, 0.2) is 22.7 Å². The topological polar surface area (TPSA) is 103 Å². The molecule has 4 aromatic rings. The maximum absolute atomic E-state index is 12.8. The second-order valence-electron chi connectivity index (χ2n) is 6.08. The molecule has 136 valence electrons. The first kappa shape index (κ1) is 16.5. The first-order valence-electron chi connectivity index (χ1n) is 8.25. The van der Waals surface area contributed by atoms with Crippen LogP contribution in [0.25, 0.3) is 22.5 Å². The highest BCUT2D eigenvalue weighted by Gasteiger charge is 2.27. The van der Waals surface area contributed by atoms with E-state index in [0.29, 0.717) is 41.0 Å². The molecule has 1 aliphatic rings. The number of rotatable bonds is 3. The zero-order valence-electron chi connectivity index (χ0n) is 14.2. The van der Waals surface area contributed by atoms with E-state index in [4.69, 9.17) is 9.26 Å². The number of carbonyl (C=O) groups is 1. The van der Waals surface area contributed by atoms with Gasteiger partial charge in [0.1, 0.15) is 16.0 Å². The van der Waals surface area contributed by atoms with Gasteiger partial charge in [0.25, 0.3) is 11.8 Å². The molecule has 0 spiro atoms. The van der Waals surface area contributed by atoms with Crippen LogP contribution in [0.5, 0.6) is 0 Å². The van der Waals surface area contributed by atoms with Gasteiger partial charge in [-0.15, -0.1) is 11.3 Å². The Morgan fingerprint density at radius 2 is 2.15 bits per heavy atom. The van der Waals surface area contributed by atoms with Gasteiger partial charge < -0.3 is 14.6 Å². The minimum Gasteiger partial charge on any atom is -0.376 e. The molecule has 0 radical (unpaired) electrons. The molecule has 0 bridgehead atoms. The maximum atomic E-state index is 12.8. The molecular formula is C17H13N5O3S2. The Morgan fingerprint density at radius 3 is 3.00 bits per heavy atom. The molecule has 1 N–H and O–H groups in total. The average Bonchev–Trinajstić information content (AvgIpc) is 3.38. The van der Waals surface area contributed by atoms with Gasteiger partial charge in [-0.3, -0.25) is 4.79 Å². The third-order valence-corrected chi connectivity index (χ3v) is 5.98. The Labute approximate surface area is 161 Å². The van der Waals surface area contributed by atoms with E-state index in [1.807, 2.05) is 0 Å². The van der Waals surface area contributed by atoms with Gasteiger partial charge in [0.2, 0.25) is 0 Å². The third-order valence-electron chi connectivity index (χ3n) is 4.30. The number of hydrogen-bond acceptors (Lipinski definition) is 9. The van der Waals surface area contributed by atoms with Gasteiger partial charge in [0, 0.05) is 10.4 Å². The van der Waals surface area contributed by atoms with E-state index in [9.17, 15) is 4.79 Å². The Bertz CT molecular complexity index is 1160. The van der Waals surface area contributed by atoms with Gasteiger partial charge in [-0.05, 0) is 37.1 Å². The fourth-order valence-electron chi connectivity index (χ4n) is 3.04. The number of amides is 1. The zero-order valence-corrected chi connectivity index (χ0v) is 15.8. The Balaban J connectivity index is 1.54. The number of ether oxygens (including phenoxy) is 1. The van der Waals surface area contributed by atoms with Gasteiger partial charge in [-0.25, -0.2) is 0 Å². The van der Waals surface area contributed by atoms with Crippen LogP contribution in [0.4, 0.5) is 5.00 Å². The standard InChI is InChI=1S/C17H13N5O3S2/c1-8-18-16(25-20-8)14-10-4-5-24-7-13(10)26-17(14)19-15(23)9-2-3-11-12(6-9)22-27-21-11/h2-3,6H,4-5,7H2,1H3,(H,19,23). The number of fused-ring (bicyclic) bond motifs is 2. The molecule has 1 aliphatic heterocycles. The largest absolute Gasteiger partial charge is 0.376 e. The number of hydrogen-bond donors (Lipinski definition) is 1. The van der Waals surface area contributed by atoms with Crippen molar-refractivity contribution in [2.45, 2.75) is 20.0 Å². The molecule has 1 aromatic carbocycles. The first-order chi connectivity index (χ1) is 13.2. The molecule has 0 saturated carbocycles. The van der Waals surface area contributed by atoms with Crippen molar-refractivity contribution in [3.05, 3.63) is 40.0 Å². The minimum absolute atomic E-state index is 0.220. The smallest absolute Gasteiger partial charge is 0.261 e. The lowest BCUT2D eigenvalue weighted by molar-refractivity contribution is 0.102. The van der Waals surface area contributed by atoms with Crippen LogP contribution in [0.3, 0.4) is 0 Å². The molecule has 0 aliphatic carbocycles. The summed E-state index contributed by atoms with van der Waals surface area (Å²) in [5, 5.41) is 7.58. The van der Waals surface area contributed by atoms with Gasteiger partial charge in [0.15, 0.2) is 5.82 Å². The molecular weight excluding hydrogens is 386 g/mol. The number of carbonyl (C=O) groups excluding carboxylic acids is 1. The number of aryl methyl sites for hydroxylation is 1. The van der Waals surface area contributed by atoms with Crippen LogP contribution in [-0.4, -0.2) is 31.4 Å². The van der Waals surface area contributed by atoms with Gasteiger partial charge in [-0.2, -0.15) is 13.7 Å². The van der Waals surface area contributed by atoms with Gasteiger partial charge in [0.05, 0.1) is 30.5 Å². The predicted octanol–water partition coefficient (Wildman–Crippen LogP) is 3.44. The summed E-state index contributed by atoms with van der Waals surface area (Å²) in [7, 11) is 0. The molecule has 4 heterocycles. The summed E-state index contributed by atoms with van der Waals surface area (Å²) in [5.41, 5.74) is 3.90. The monoisotopic (exact) mass is 399 g/mol. The fraction of sp³-hybridized carbons (Fsp3) is 0.235. The summed E-state index contributed by atoms with van der Waals surface area (Å²) in [6.07, 6.45) is 0.745. The van der Waals surface area contributed by atoms with E-state index in [1.165, 1.54) is 11.3 Å². The highest BCUT2D eigenvalue weighted by atomic mass is 32.1. The Kier molecular flexibility index (Phi) is 3.96. The zero-order chi connectivity index (χ0) is 18.4. The van der Waals surface area contributed by atoms with Crippen molar-refractivity contribution in [2.24, 2.45) is 0 Å². The molecule has 10 heteroatoms. The van der Waals surface area contributed by atoms with Crippen LogP contribution in [-0.2, 0) is 17.8 Å². The molecule has 3 aromatic heterocycles. The normalized spacial score (nSPS) is 13.7. The second-order valence-corrected chi connectivity index (χ2v) is 7.71. The molecule has 1 amide bonds. The van der Waals surface area contributed by atoms with E-state index in [1.54, 1.807) is 25.1 Å². The Hall–Kier alpha value is -2.69. The molecule has 5 rings (SSSR count). The fourth-order valence-corrected chi connectivity index (χ4v) is 4.73. The molecule has 0 saturated heterocycles. The number of thiophene rings is 1. The van der Waals surface area contributed by atoms with Crippen molar-refractivity contribution in [1.29, 1.82) is 0 Å². The number of nitrogens with one attached hydrogen (secondary N) is 1. The summed E-state index contributed by atoms with van der Waals surface area (Å²) in [6, 6.07) is 5.27. The molecule has 8 nitrogen and oxygen atoms in total. The summed E-state index contributed by atoms with van der Waals surface area (Å²) in [6.45, 7) is 2.92. The summed E-state index contributed by atoms with van der Waals surface area (Å²) < 4.78 is 19.3. The second kappa shape index (κ2) is 6.48. The van der Waals surface area contributed by atoms with Crippen LogP contribution < -0.4 is 5.32 Å². The van der Waals surface area contributed by atoms with Crippen molar-refractivity contribution < 1.29 is 14.1 Å². The number of aromatic nitrogens is 4. The lowest BCUT2D eigenvalue weighted by Gasteiger charge is -2.12. The van der Waals surface area contributed by atoms with Gasteiger partial charge >= 0.3 is 0 Å². The van der Waals surface area contributed by atoms with Crippen LogP contribution in [0, 0.1) is 6.92 Å². The molecule has 0 unspecified atom stereocenters.